The largest absolute Gasteiger partial charge is 0.507 e. The summed E-state index contributed by atoms with van der Waals surface area (Å²) in [5.41, 5.74) is 0.905. The van der Waals surface area contributed by atoms with Crippen molar-refractivity contribution in [2.45, 2.75) is 39.5 Å². The Morgan fingerprint density at radius 3 is 2.07 bits per heavy atom. The molecule has 2 aromatic rings. The van der Waals surface area contributed by atoms with Gasteiger partial charge in [0, 0.05) is 34.9 Å². The minimum atomic E-state index is -1.18. The number of carbonyl (C=O) groups is 2. The number of hydrogen-bond acceptors (Lipinski definition) is 4. The lowest BCUT2D eigenvalue weighted by atomic mass is 9.97. The van der Waals surface area contributed by atoms with Gasteiger partial charge in [0.2, 0.25) is 0 Å². The SMILES string of the molecule is CCCCN(CCCC)c1ccc(C(=O)c2cc(Br)ccc2C(=O)O)c(O)c1. The maximum Gasteiger partial charge on any atom is 0.336 e. The number of aromatic carboxylic acids is 1. The molecule has 0 fully saturated rings. The fraction of sp³-hybridized carbons (Fsp3) is 0.364. The van der Waals surface area contributed by atoms with Crippen LogP contribution in [0.2, 0.25) is 0 Å². The Bertz CT molecular complexity index is 842. The number of hydrogen-bond donors (Lipinski definition) is 2. The van der Waals surface area contributed by atoms with Crippen molar-refractivity contribution in [3.8, 4) is 5.75 Å². The molecule has 0 heterocycles. The number of unbranched alkanes of at least 4 members (excludes halogenated alkanes) is 2. The number of ketones is 1. The summed E-state index contributed by atoms with van der Waals surface area (Å²) in [7, 11) is 0. The number of phenolic OH excluding ortho intramolecular Hbond substituents is 1. The first-order chi connectivity index (χ1) is 13.4. The van der Waals surface area contributed by atoms with Gasteiger partial charge in [-0.2, -0.15) is 0 Å². The molecule has 2 rings (SSSR count). The Hall–Kier alpha value is -2.34. The van der Waals surface area contributed by atoms with Gasteiger partial charge in [-0.3, -0.25) is 4.79 Å². The molecule has 150 valence electrons. The molecule has 0 radical (unpaired) electrons. The third-order valence-electron chi connectivity index (χ3n) is 4.61. The number of anilines is 1. The number of carboxylic acids is 1. The summed E-state index contributed by atoms with van der Waals surface area (Å²) >= 11 is 3.27. The quantitative estimate of drug-likeness (QED) is 0.470. The van der Waals surface area contributed by atoms with Crippen LogP contribution in [0.25, 0.3) is 0 Å². The predicted molar refractivity (Wildman–Crippen MR) is 115 cm³/mol. The summed E-state index contributed by atoms with van der Waals surface area (Å²) in [6.07, 6.45) is 4.24. The van der Waals surface area contributed by atoms with Crippen LogP contribution >= 0.6 is 15.9 Å². The third-order valence-corrected chi connectivity index (χ3v) is 5.10. The summed E-state index contributed by atoms with van der Waals surface area (Å²) in [6, 6.07) is 9.40. The number of aromatic hydroxyl groups is 1. The summed E-state index contributed by atoms with van der Waals surface area (Å²) < 4.78 is 0.599. The molecule has 0 amide bonds. The second-order valence-electron chi connectivity index (χ2n) is 6.72. The molecule has 6 heteroatoms. The van der Waals surface area contributed by atoms with Crippen LogP contribution in [0.1, 0.15) is 65.8 Å². The smallest absolute Gasteiger partial charge is 0.336 e. The molecule has 0 aromatic heterocycles. The normalized spacial score (nSPS) is 10.7. The minimum Gasteiger partial charge on any atom is -0.507 e. The number of carboxylic acid groups (broad SMARTS) is 1. The number of rotatable bonds is 10. The lowest BCUT2D eigenvalue weighted by molar-refractivity contribution is 0.0692. The Labute approximate surface area is 174 Å². The summed E-state index contributed by atoms with van der Waals surface area (Å²) in [6.45, 7) is 6.04. The predicted octanol–water partition coefficient (Wildman–Crippen LogP) is 5.49. The van der Waals surface area contributed by atoms with Crippen LogP contribution in [0.4, 0.5) is 5.69 Å². The minimum absolute atomic E-state index is 0.0405. The van der Waals surface area contributed by atoms with Gasteiger partial charge in [-0.15, -0.1) is 0 Å². The van der Waals surface area contributed by atoms with Crippen molar-refractivity contribution in [2.75, 3.05) is 18.0 Å². The Balaban J connectivity index is 2.37. The van der Waals surface area contributed by atoms with E-state index in [1.807, 2.05) is 6.07 Å². The van der Waals surface area contributed by atoms with Crippen molar-refractivity contribution in [3.63, 3.8) is 0 Å². The van der Waals surface area contributed by atoms with Crippen molar-refractivity contribution in [3.05, 3.63) is 57.6 Å². The van der Waals surface area contributed by atoms with Gasteiger partial charge in [0.15, 0.2) is 5.78 Å². The van der Waals surface area contributed by atoms with E-state index >= 15 is 0 Å². The monoisotopic (exact) mass is 447 g/mol. The zero-order valence-electron chi connectivity index (χ0n) is 16.2. The third kappa shape index (κ3) is 5.35. The molecule has 0 unspecified atom stereocenters. The highest BCUT2D eigenvalue weighted by Gasteiger charge is 2.21. The highest BCUT2D eigenvalue weighted by atomic mass is 79.9. The van der Waals surface area contributed by atoms with Crippen LogP contribution in [-0.2, 0) is 0 Å². The maximum absolute atomic E-state index is 12.9. The number of halogens is 1. The molecular formula is C22H26BrNO4. The summed E-state index contributed by atoms with van der Waals surface area (Å²) in [5.74, 6) is -1.84. The zero-order valence-corrected chi connectivity index (χ0v) is 17.8. The van der Waals surface area contributed by atoms with Crippen LogP contribution in [0.5, 0.6) is 5.75 Å². The lowest BCUT2D eigenvalue weighted by Gasteiger charge is -2.25. The van der Waals surface area contributed by atoms with Gasteiger partial charge in [-0.25, -0.2) is 4.79 Å². The first-order valence-electron chi connectivity index (χ1n) is 9.54. The number of nitrogens with zero attached hydrogens (tertiary/aromatic N) is 1. The van der Waals surface area contributed by atoms with E-state index in [4.69, 9.17) is 0 Å². The van der Waals surface area contributed by atoms with Crippen molar-refractivity contribution >= 4 is 33.4 Å². The molecule has 0 aliphatic heterocycles. The molecule has 0 aliphatic carbocycles. The fourth-order valence-electron chi connectivity index (χ4n) is 3.01. The van der Waals surface area contributed by atoms with Gasteiger partial charge in [0.1, 0.15) is 5.75 Å². The molecule has 28 heavy (non-hydrogen) atoms. The van der Waals surface area contributed by atoms with E-state index in [1.165, 1.54) is 12.1 Å². The van der Waals surface area contributed by atoms with Gasteiger partial charge in [-0.05, 0) is 43.2 Å². The highest BCUT2D eigenvalue weighted by Crippen LogP contribution is 2.29. The summed E-state index contributed by atoms with van der Waals surface area (Å²) in [4.78, 5) is 26.6. The maximum atomic E-state index is 12.9. The molecule has 2 aromatic carbocycles. The number of phenols is 1. The lowest BCUT2D eigenvalue weighted by Crippen LogP contribution is -2.25. The summed E-state index contributed by atoms with van der Waals surface area (Å²) in [5, 5.41) is 19.9. The average Bonchev–Trinajstić information content (AvgIpc) is 2.67. The van der Waals surface area contributed by atoms with E-state index in [0.717, 1.165) is 44.5 Å². The average molecular weight is 448 g/mol. The molecule has 0 saturated carbocycles. The van der Waals surface area contributed by atoms with E-state index in [-0.39, 0.29) is 22.4 Å². The van der Waals surface area contributed by atoms with Crippen LogP contribution in [0, 0.1) is 0 Å². The van der Waals surface area contributed by atoms with Crippen molar-refractivity contribution in [2.24, 2.45) is 0 Å². The van der Waals surface area contributed by atoms with Crippen LogP contribution in [-0.4, -0.2) is 35.1 Å². The first-order valence-corrected chi connectivity index (χ1v) is 10.3. The Kier molecular flexibility index (Phi) is 8.05. The van der Waals surface area contributed by atoms with E-state index in [0.29, 0.717) is 4.47 Å². The molecule has 5 nitrogen and oxygen atoms in total. The van der Waals surface area contributed by atoms with E-state index in [1.54, 1.807) is 18.2 Å². The second-order valence-corrected chi connectivity index (χ2v) is 7.64. The standard InChI is InChI=1S/C22H26BrNO4/c1-3-5-11-24(12-6-4-2)16-8-10-18(20(25)14-16)21(26)19-13-15(23)7-9-17(19)22(27)28/h7-10,13-14,25H,3-6,11-12H2,1-2H3,(H,27,28). The first kappa shape index (κ1) is 22.0. The van der Waals surface area contributed by atoms with Gasteiger partial charge < -0.3 is 15.1 Å². The van der Waals surface area contributed by atoms with Crippen LogP contribution < -0.4 is 4.90 Å². The van der Waals surface area contributed by atoms with Crippen molar-refractivity contribution in [1.29, 1.82) is 0 Å². The molecule has 0 atom stereocenters. The molecule has 0 bridgehead atoms. The number of benzene rings is 2. The highest BCUT2D eigenvalue weighted by molar-refractivity contribution is 9.10. The van der Waals surface area contributed by atoms with Gasteiger partial charge in [0.25, 0.3) is 0 Å². The van der Waals surface area contributed by atoms with E-state index < -0.39 is 11.8 Å². The Morgan fingerprint density at radius 1 is 0.929 bits per heavy atom. The Morgan fingerprint density at radius 2 is 1.54 bits per heavy atom. The van der Waals surface area contributed by atoms with Crippen molar-refractivity contribution in [1.82, 2.24) is 0 Å². The number of carbonyl (C=O) groups excluding carboxylic acids is 1. The van der Waals surface area contributed by atoms with Crippen LogP contribution in [0.3, 0.4) is 0 Å². The van der Waals surface area contributed by atoms with Gasteiger partial charge in [0.05, 0.1) is 11.1 Å². The molecule has 0 saturated heterocycles. The topological polar surface area (TPSA) is 77.8 Å². The van der Waals surface area contributed by atoms with Gasteiger partial charge in [-0.1, -0.05) is 42.6 Å². The fourth-order valence-corrected chi connectivity index (χ4v) is 3.37. The van der Waals surface area contributed by atoms with Gasteiger partial charge >= 0.3 is 5.97 Å². The molecular weight excluding hydrogens is 422 g/mol. The van der Waals surface area contributed by atoms with E-state index in [2.05, 4.69) is 34.7 Å². The molecule has 0 spiro atoms. The van der Waals surface area contributed by atoms with Crippen molar-refractivity contribution < 1.29 is 19.8 Å². The second kappa shape index (κ2) is 10.3. The zero-order chi connectivity index (χ0) is 20.7. The van der Waals surface area contributed by atoms with E-state index in [9.17, 15) is 19.8 Å². The molecule has 2 N–H and O–H groups in total. The molecule has 0 aliphatic rings. The van der Waals surface area contributed by atoms with Crippen LogP contribution in [0.15, 0.2) is 40.9 Å².